The number of ether oxygens (including phenoxy) is 1. The topological polar surface area (TPSA) is 75.8 Å². The summed E-state index contributed by atoms with van der Waals surface area (Å²) in [6.07, 6.45) is 0.961. The Morgan fingerprint density at radius 3 is 2.53 bits per heavy atom. The largest absolute Gasteiger partial charge is 0.480 e. The minimum atomic E-state index is -0.999. The van der Waals surface area contributed by atoms with Gasteiger partial charge in [0, 0.05) is 19.6 Å². The highest BCUT2D eigenvalue weighted by atomic mass is 16.5. The van der Waals surface area contributed by atoms with Crippen molar-refractivity contribution in [1.29, 1.82) is 0 Å². The Morgan fingerprint density at radius 2 is 1.95 bits per heavy atom. The molecule has 0 bridgehead atoms. The van der Waals surface area contributed by atoms with Gasteiger partial charge in [-0.05, 0) is 17.5 Å². The van der Waals surface area contributed by atoms with Crippen molar-refractivity contribution in [2.24, 2.45) is 5.73 Å². The lowest BCUT2D eigenvalue weighted by atomic mass is 10.0. The fraction of sp³-hybridized carbons (Fsp3) is 0.500. The monoisotopic (exact) mass is 264 g/mol. The Hall–Kier alpha value is -1.43. The first-order valence-electron chi connectivity index (χ1n) is 6.54. The quantitative estimate of drug-likeness (QED) is 0.816. The van der Waals surface area contributed by atoms with Gasteiger partial charge < -0.3 is 15.6 Å². The summed E-state index contributed by atoms with van der Waals surface area (Å²) in [5.41, 5.74) is 7.40. The van der Waals surface area contributed by atoms with E-state index in [0.29, 0.717) is 5.56 Å². The van der Waals surface area contributed by atoms with Crippen LogP contribution in [0.2, 0.25) is 0 Å². The molecule has 19 heavy (non-hydrogen) atoms. The molecule has 0 aromatic heterocycles. The average molecular weight is 264 g/mol. The van der Waals surface area contributed by atoms with E-state index in [1.807, 2.05) is 12.1 Å². The summed E-state index contributed by atoms with van der Waals surface area (Å²) in [5, 5.41) is 8.83. The Morgan fingerprint density at radius 1 is 1.32 bits per heavy atom. The second-order valence-corrected chi connectivity index (χ2v) is 4.76. The standard InChI is InChI=1S/C14H20N2O3/c15-13(14(17)18)12-3-1-11(2-4-12)5-6-16-7-9-19-10-8-16/h1-4,13H,5-10,15H2,(H,17,18). The molecule has 1 aliphatic rings. The number of carbonyl (C=O) groups is 1. The highest BCUT2D eigenvalue weighted by molar-refractivity contribution is 5.75. The van der Waals surface area contributed by atoms with Crippen molar-refractivity contribution in [3.63, 3.8) is 0 Å². The zero-order valence-electron chi connectivity index (χ0n) is 10.9. The maximum Gasteiger partial charge on any atom is 0.325 e. The van der Waals surface area contributed by atoms with Crippen molar-refractivity contribution in [3.8, 4) is 0 Å². The summed E-state index contributed by atoms with van der Waals surface area (Å²) >= 11 is 0. The minimum absolute atomic E-state index is 0.641. The summed E-state index contributed by atoms with van der Waals surface area (Å²) in [4.78, 5) is 13.1. The average Bonchev–Trinajstić information content (AvgIpc) is 2.46. The minimum Gasteiger partial charge on any atom is -0.480 e. The molecule has 5 nitrogen and oxygen atoms in total. The third kappa shape index (κ3) is 4.02. The van der Waals surface area contributed by atoms with Crippen LogP contribution in [0.25, 0.3) is 0 Å². The van der Waals surface area contributed by atoms with Gasteiger partial charge >= 0.3 is 5.97 Å². The van der Waals surface area contributed by atoms with Crippen LogP contribution < -0.4 is 5.73 Å². The first kappa shape index (κ1) is 14.0. The Bertz CT molecular complexity index is 413. The SMILES string of the molecule is NC(C(=O)O)c1ccc(CCN2CCOCC2)cc1. The van der Waals surface area contributed by atoms with Crippen molar-refractivity contribution in [1.82, 2.24) is 4.90 Å². The van der Waals surface area contributed by atoms with E-state index < -0.39 is 12.0 Å². The summed E-state index contributed by atoms with van der Waals surface area (Å²) in [6.45, 7) is 4.61. The second kappa shape index (κ2) is 6.65. The molecular formula is C14H20N2O3. The zero-order valence-corrected chi connectivity index (χ0v) is 10.9. The van der Waals surface area contributed by atoms with Crippen LogP contribution in [0.4, 0.5) is 0 Å². The number of aliphatic carboxylic acids is 1. The number of hydrogen-bond donors (Lipinski definition) is 2. The molecule has 0 amide bonds. The summed E-state index contributed by atoms with van der Waals surface area (Å²) in [6, 6.07) is 6.58. The fourth-order valence-corrected chi connectivity index (χ4v) is 2.15. The number of benzene rings is 1. The number of nitrogens with zero attached hydrogens (tertiary/aromatic N) is 1. The molecule has 1 aromatic rings. The fourth-order valence-electron chi connectivity index (χ4n) is 2.15. The highest BCUT2D eigenvalue weighted by Gasteiger charge is 2.14. The molecular weight excluding hydrogens is 244 g/mol. The van der Waals surface area contributed by atoms with E-state index in [2.05, 4.69) is 4.90 Å². The number of carboxylic acids is 1. The van der Waals surface area contributed by atoms with Crippen LogP contribution in [0.15, 0.2) is 24.3 Å². The number of carboxylic acid groups (broad SMARTS) is 1. The van der Waals surface area contributed by atoms with Crippen molar-refractivity contribution >= 4 is 5.97 Å². The molecule has 5 heteroatoms. The molecule has 3 N–H and O–H groups in total. The first-order valence-corrected chi connectivity index (χ1v) is 6.54. The number of hydrogen-bond acceptors (Lipinski definition) is 4. The molecule has 1 fully saturated rings. The Balaban J connectivity index is 1.86. The van der Waals surface area contributed by atoms with E-state index in [9.17, 15) is 4.79 Å². The molecule has 2 rings (SSSR count). The number of nitrogens with two attached hydrogens (primary N) is 1. The normalized spacial score (nSPS) is 18.2. The van der Waals surface area contributed by atoms with Gasteiger partial charge in [0.25, 0.3) is 0 Å². The molecule has 0 spiro atoms. The van der Waals surface area contributed by atoms with Crippen molar-refractivity contribution < 1.29 is 14.6 Å². The molecule has 1 aliphatic heterocycles. The Labute approximate surface area is 113 Å². The highest BCUT2D eigenvalue weighted by Crippen LogP contribution is 2.12. The van der Waals surface area contributed by atoms with Gasteiger partial charge in [-0.2, -0.15) is 0 Å². The summed E-state index contributed by atoms with van der Waals surface area (Å²) in [7, 11) is 0. The predicted molar refractivity (Wildman–Crippen MR) is 72.0 cm³/mol. The smallest absolute Gasteiger partial charge is 0.325 e. The van der Waals surface area contributed by atoms with Crippen molar-refractivity contribution in [3.05, 3.63) is 35.4 Å². The van der Waals surface area contributed by atoms with E-state index in [0.717, 1.165) is 39.3 Å². The molecule has 0 radical (unpaired) electrons. The van der Waals surface area contributed by atoms with Gasteiger partial charge in [0.2, 0.25) is 0 Å². The molecule has 1 heterocycles. The zero-order chi connectivity index (χ0) is 13.7. The molecule has 1 unspecified atom stereocenters. The van der Waals surface area contributed by atoms with E-state index in [1.165, 1.54) is 5.56 Å². The van der Waals surface area contributed by atoms with Gasteiger partial charge in [0.1, 0.15) is 6.04 Å². The third-order valence-corrected chi connectivity index (χ3v) is 3.43. The number of rotatable bonds is 5. The van der Waals surface area contributed by atoms with Crippen LogP contribution in [-0.4, -0.2) is 48.8 Å². The van der Waals surface area contributed by atoms with Gasteiger partial charge in [-0.15, -0.1) is 0 Å². The van der Waals surface area contributed by atoms with Crippen molar-refractivity contribution in [2.75, 3.05) is 32.8 Å². The Kier molecular flexibility index (Phi) is 4.90. The lowest BCUT2D eigenvalue weighted by Gasteiger charge is -2.26. The third-order valence-electron chi connectivity index (χ3n) is 3.43. The maximum absolute atomic E-state index is 10.8. The molecule has 104 valence electrons. The lowest BCUT2D eigenvalue weighted by molar-refractivity contribution is -0.138. The van der Waals surface area contributed by atoms with Gasteiger partial charge in [-0.25, -0.2) is 0 Å². The first-order chi connectivity index (χ1) is 9.16. The van der Waals surface area contributed by atoms with Crippen LogP contribution in [0.5, 0.6) is 0 Å². The molecule has 1 aromatic carbocycles. The van der Waals surface area contributed by atoms with Gasteiger partial charge in [0.15, 0.2) is 0 Å². The van der Waals surface area contributed by atoms with Gasteiger partial charge in [0.05, 0.1) is 13.2 Å². The molecule has 1 saturated heterocycles. The van der Waals surface area contributed by atoms with Crippen LogP contribution in [0.1, 0.15) is 17.2 Å². The van der Waals surface area contributed by atoms with E-state index in [-0.39, 0.29) is 0 Å². The summed E-state index contributed by atoms with van der Waals surface area (Å²) < 4.78 is 5.31. The molecule has 1 atom stereocenters. The van der Waals surface area contributed by atoms with E-state index in [1.54, 1.807) is 12.1 Å². The van der Waals surface area contributed by atoms with E-state index >= 15 is 0 Å². The lowest BCUT2D eigenvalue weighted by Crippen LogP contribution is -2.37. The maximum atomic E-state index is 10.8. The predicted octanol–water partition coefficient (Wildman–Crippen LogP) is 0.646. The van der Waals surface area contributed by atoms with Crippen LogP contribution in [-0.2, 0) is 16.0 Å². The van der Waals surface area contributed by atoms with Gasteiger partial charge in [-0.1, -0.05) is 24.3 Å². The van der Waals surface area contributed by atoms with Gasteiger partial charge in [-0.3, -0.25) is 9.69 Å². The molecule has 0 aliphatic carbocycles. The second-order valence-electron chi connectivity index (χ2n) is 4.76. The number of morpholine rings is 1. The van der Waals surface area contributed by atoms with Crippen molar-refractivity contribution in [2.45, 2.75) is 12.5 Å². The summed E-state index contributed by atoms with van der Waals surface area (Å²) in [5.74, 6) is -0.999. The molecule has 0 saturated carbocycles. The van der Waals surface area contributed by atoms with Crippen LogP contribution in [0.3, 0.4) is 0 Å². The van der Waals surface area contributed by atoms with Crippen LogP contribution >= 0.6 is 0 Å². The van der Waals surface area contributed by atoms with E-state index in [4.69, 9.17) is 15.6 Å². The van der Waals surface area contributed by atoms with Crippen LogP contribution in [0, 0.1) is 0 Å².